The molecule has 5 nitrogen and oxygen atoms in total. The summed E-state index contributed by atoms with van der Waals surface area (Å²) in [5.74, 6) is -2.16. The van der Waals surface area contributed by atoms with E-state index in [0.717, 1.165) is 18.2 Å². The topological polar surface area (TPSA) is 78.4 Å². The third-order valence-corrected chi connectivity index (χ3v) is 2.34. The second-order valence-corrected chi connectivity index (χ2v) is 5.03. The number of aliphatic hydroxyl groups is 1. The van der Waals surface area contributed by atoms with E-state index in [9.17, 15) is 27.9 Å². The van der Waals surface area contributed by atoms with Gasteiger partial charge in [0.25, 0.3) is 0 Å². The molecule has 1 aromatic carbocycles. The summed E-state index contributed by atoms with van der Waals surface area (Å²) in [5.41, 5.74) is -2.28. The van der Waals surface area contributed by atoms with Gasteiger partial charge < -0.3 is 15.7 Å². The fraction of sp³-hybridized carbons (Fsp3) is 0.385. The summed E-state index contributed by atoms with van der Waals surface area (Å²) < 4.78 is 37.5. The van der Waals surface area contributed by atoms with Gasteiger partial charge in [0.1, 0.15) is 0 Å². The molecule has 0 saturated carbocycles. The number of carbonyl (C=O) groups excluding carboxylic acids is 2. The second-order valence-electron chi connectivity index (χ2n) is 5.03. The van der Waals surface area contributed by atoms with Crippen LogP contribution in [0.3, 0.4) is 0 Å². The Labute approximate surface area is 119 Å². The Bertz CT molecular complexity index is 536. The first kappa shape index (κ1) is 17.0. The Balaban J connectivity index is 2.69. The van der Waals surface area contributed by atoms with Crippen LogP contribution in [0.25, 0.3) is 0 Å². The lowest BCUT2D eigenvalue weighted by Crippen LogP contribution is -2.43. The number of carbonyl (C=O) groups is 2. The standard InChI is InChI=1S/C13H15F3N2O3/c1-12(2,21)7-17-10(19)11(20)18-9-5-3-4-8(6-9)13(14,15)16/h3-6,21H,7H2,1-2H3,(H,17,19)(H,18,20). The van der Waals surface area contributed by atoms with Gasteiger partial charge in [-0.25, -0.2) is 0 Å². The van der Waals surface area contributed by atoms with Gasteiger partial charge in [-0.3, -0.25) is 9.59 Å². The van der Waals surface area contributed by atoms with Crippen LogP contribution in [0.5, 0.6) is 0 Å². The lowest BCUT2D eigenvalue weighted by molar-refractivity contribution is -0.137. The molecule has 21 heavy (non-hydrogen) atoms. The van der Waals surface area contributed by atoms with Crippen molar-refractivity contribution in [1.29, 1.82) is 0 Å². The molecule has 0 spiro atoms. The first-order valence-corrected chi connectivity index (χ1v) is 5.98. The SMILES string of the molecule is CC(C)(O)CNC(=O)C(=O)Nc1cccc(C(F)(F)F)c1. The molecule has 0 heterocycles. The number of hydrogen-bond donors (Lipinski definition) is 3. The lowest BCUT2D eigenvalue weighted by Gasteiger charge is -2.17. The molecule has 0 fully saturated rings. The predicted octanol–water partition coefficient (Wildman–Crippen LogP) is 1.53. The normalized spacial score (nSPS) is 11.9. The van der Waals surface area contributed by atoms with Crippen LogP contribution >= 0.6 is 0 Å². The zero-order valence-electron chi connectivity index (χ0n) is 11.4. The van der Waals surface area contributed by atoms with Gasteiger partial charge in [-0.05, 0) is 32.0 Å². The molecule has 0 unspecified atom stereocenters. The second kappa shape index (κ2) is 6.13. The van der Waals surface area contributed by atoms with Crippen molar-refractivity contribution in [2.75, 3.05) is 11.9 Å². The minimum atomic E-state index is -4.54. The summed E-state index contributed by atoms with van der Waals surface area (Å²) in [5, 5.41) is 13.6. The molecular formula is C13H15F3N2O3. The minimum absolute atomic E-state index is 0.145. The maximum Gasteiger partial charge on any atom is 0.416 e. The van der Waals surface area contributed by atoms with Crippen LogP contribution in [0.1, 0.15) is 19.4 Å². The molecule has 0 aliphatic rings. The number of nitrogens with one attached hydrogen (secondary N) is 2. The predicted molar refractivity (Wildman–Crippen MR) is 69.4 cm³/mol. The van der Waals surface area contributed by atoms with E-state index >= 15 is 0 Å². The largest absolute Gasteiger partial charge is 0.416 e. The Morgan fingerprint density at radius 1 is 1.19 bits per heavy atom. The molecule has 0 atom stereocenters. The highest BCUT2D eigenvalue weighted by Gasteiger charge is 2.30. The molecule has 0 aliphatic carbocycles. The fourth-order valence-corrected chi connectivity index (χ4v) is 1.34. The number of benzene rings is 1. The number of alkyl halides is 3. The quantitative estimate of drug-likeness (QED) is 0.741. The Morgan fingerprint density at radius 2 is 1.81 bits per heavy atom. The highest BCUT2D eigenvalue weighted by Crippen LogP contribution is 2.30. The van der Waals surface area contributed by atoms with Gasteiger partial charge in [0.2, 0.25) is 0 Å². The molecule has 1 rings (SSSR count). The van der Waals surface area contributed by atoms with E-state index in [4.69, 9.17) is 0 Å². The van der Waals surface area contributed by atoms with Crippen molar-refractivity contribution in [2.45, 2.75) is 25.6 Å². The van der Waals surface area contributed by atoms with Gasteiger partial charge in [-0.1, -0.05) is 6.07 Å². The van der Waals surface area contributed by atoms with E-state index in [0.29, 0.717) is 0 Å². The van der Waals surface area contributed by atoms with Crippen LogP contribution < -0.4 is 10.6 Å². The number of rotatable bonds is 3. The van der Waals surface area contributed by atoms with Gasteiger partial charge in [0.05, 0.1) is 11.2 Å². The molecule has 0 radical (unpaired) electrons. The molecule has 0 aromatic heterocycles. The monoisotopic (exact) mass is 304 g/mol. The molecule has 1 aromatic rings. The van der Waals surface area contributed by atoms with E-state index in [1.165, 1.54) is 19.9 Å². The van der Waals surface area contributed by atoms with Crippen LogP contribution in [0.15, 0.2) is 24.3 Å². The number of anilines is 1. The van der Waals surface area contributed by atoms with E-state index in [1.807, 2.05) is 0 Å². The van der Waals surface area contributed by atoms with Gasteiger partial charge in [-0.2, -0.15) is 13.2 Å². The Kier molecular flexibility index (Phi) is 4.95. The third-order valence-electron chi connectivity index (χ3n) is 2.34. The van der Waals surface area contributed by atoms with E-state index in [-0.39, 0.29) is 12.2 Å². The van der Waals surface area contributed by atoms with Crippen LogP contribution in [0.2, 0.25) is 0 Å². The van der Waals surface area contributed by atoms with Gasteiger partial charge in [-0.15, -0.1) is 0 Å². The molecule has 8 heteroatoms. The van der Waals surface area contributed by atoms with E-state index in [1.54, 1.807) is 0 Å². The lowest BCUT2D eigenvalue weighted by atomic mass is 10.1. The van der Waals surface area contributed by atoms with Crippen molar-refractivity contribution in [1.82, 2.24) is 5.32 Å². The highest BCUT2D eigenvalue weighted by molar-refractivity contribution is 6.39. The Morgan fingerprint density at radius 3 is 2.33 bits per heavy atom. The van der Waals surface area contributed by atoms with Crippen LogP contribution in [0.4, 0.5) is 18.9 Å². The molecule has 0 aliphatic heterocycles. The number of hydrogen-bond acceptors (Lipinski definition) is 3. The molecule has 0 bridgehead atoms. The summed E-state index contributed by atoms with van der Waals surface area (Å²) in [4.78, 5) is 22.9. The van der Waals surface area contributed by atoms with Crippen LogP contribution in [-0.4, -0.2) is 29.1 Å². The highest BCUT2D eigenvalue weighted by atomic mass is 19.4. The first-order chi connectivity index (χ1) is 9.49. The van der Waals surface area contributed by atoms with Gasteiger partial charge >= 0.3 is 18.0 Å². The van der Waals surface area contributed by atoms with Gasteiger partial charge in [0.15, 0.2) is 0 Å². The number of amides is 2. The minimum Gasteiger partial charge on any atom is -0.389 e. The summed E-state index contributed by atoms with van der Waals surface area (Å²) in [6.45, 7) is 2.69. The number of halogens is 3. The maximum absolute atomic E-state index is 12.5. The Hall–Kier alpha value is -2.09. The van der Waals surface area contributed by atoms with Crippen molar-refractivity contribution in [2.24, 2.45) is 0 Å². The first-order valence-electron chi connectivity index (χ1n) is 5.98. The summed E-state index contributed by atoms with van der Waals surface area (Å²) in [6, 6.07) is 3.93. The molecule has 2 amide bonds. The van der Waals surface area contributed by atoms with Crippen LogP contribution in [0, 0.1) is 0 Å². The van der Waals surface area contributed by atoms with Crippen molar-refractivity contribution >= 4 is 17.5 Å². The van der Waals surface area contributed by atoms with Crippen molar-refractivity contribution < 1.29 is 27.9 Å². The zero-order valence-corrected chi connectivity index (χ0v) is 11.4. The summed E-state index contributed by atoms with van der Waals surface area (Å²) >= 11 is 0. The summed E-state index contributed by atoms with van der Waals surface area (Å²) in [7, 11) is 0. The molecule has 3 N–H and O–H groups in total. The van der Waals surface area contributed by atoms with Crippen molar-refractivity contribution in [3.8, 4) is 0 Å². The van der Waals surface area contributed by atoms with Crippen molar-refractivity contribution in [3.05, 3.63) is 29.8 Å². The summed E-state index contributed by atoms with van der Waals surface area (Å²) in [6.07, 6.45) is -4.54. The van der Waals surface area contributed by atoms with Crippen molar-refractivity contribution in [3.63, 3.8) is 0 Å². The molecule has 0 saturated heterocycles. The smallest absolute Gasteiger partial charge is 0.389 e. The molecular weight excluding hydrogens is 289 g/mol. The van der Waals surface area contributed by atoms with Gasteiger partial charge in [0, 0.05) is 12.2 Å². The van der Waals surface area contributed by atoms with E-state index < -0.39 is 29.2 Å². The zero-order chi connectivity index (χ0) is 16.3. The average Bonchev–Trinajstić information content (AvgIpc) is 2.34. The third kappa shape index (κ3) is 5.82. The molecule has 116 valence electrons. The van der Waals surface area contributed by atoms with Crippen LogP contribution in [-0.2, 0) is 15.8 Å². The fourth-order valence-electron chi connectivity index (χ4n) is 1.34. The van der Waals surface area contributed by atoms with E-state index in [2.05, 4.69) is 10.6 Å². The maximum atomic E-state index is 12.5. The average molecular weight is 304 g/mol.